The van der Waals surface area contributed by atoms with Gasteiger partial charge in [-0.15, -0.1) is 0 Å². The average Bonchev–Trinajstić information content (AvgIpc) is 2.57. The van der Waals surface area contributed by atoms with Gasteiger partial charge in [0.05, 0.1) is 12.0 Å². The third-order valence-electron chi connectivity index (χ3n) is 3.10. The van der Waals surface area contributed by atoms with Crippen LogP contribution in [0.4, 0.5) is 0 Å². The summed E-state index contributed by atoms with van der Waals surface area (Å²) in [4.78, 5) is 24.0. The first-order chi connectivity index (χ1) is 11.1. The lowest BCUT2D eigenvalue weighted by Gasteiger charge is -2.12. The van der Waals surface area contributed by atoms with Crippen molar-refractivity contribution in [2.75, 3.05) is 0 Å². The number of halogens is 1. The molecule has 0 aliphatic rings. The molecule has 0 N–H and O–H groups in total. The highest BCUT2D eigenvalue weighted by molar-refractivity contribution is 6.20. The Morgan fingerprint density at radius 2 is 1.70 bits per heavy atom. The van der Waals surface area contributed by atoms with Crippen molar-refractivity contribution in [1.82, 2.24) is 0 Å². The number of carbonyl (C=O) groups is 2. The van der Waals surface area contributed by atoms with Gasteiger partial charge in [-0.1, -0.05) is 54.9 Å². The third-order valence-corrected chi connectivity index (χ3v) is 3.50. The number of benzene rings is 2. The lowest BCUT2D eigenvalue weighted by molar-refractivity contribution is -0.144. The molecule has 0 fully saturated rings. The van der Waals surface area contributed by atoms with Crippen molar-refractivity contribution in [3.05, 3.63) is 65.7 Å². The van der Waals surface area contributed by atoms with Gasteiger partial charge in [-0.2, -0.15) is 0 Å². The molecule has 0 amide bonds. The molecule has 0 saturated heterocycles. The van der Waals surface area contributed by atoms with E-state index in [-0.39, 0.29) is 6.42 Å². The zero-order valence-electron chi connectivity index (χ0n) is 12.7. The Morgan fingerprint density at radius 3 is 2.39 bits per heavy atom. The minimum absolute atomic E-state index is 0.0124. The lowest BCUT2D eigenvalue weighted by atomic mass is 10.1. The van der Waals surface area contributed by atoms with Crippen molar-refractivity contribution in [2.45, 2.75) is 25.3 Å². The number of esters is 2. The summed E-state index contributed by atoms with van der Waals surface area (Å²) in [5, 5.41) is 0. The highest BCUT2D eigenvalue weighted by atomic mass is 35.5. The second-order valence-electron chi connectivity index (χ2n) is 4.85. The van der Waals surface area contributed by atoms with E-state index < -0.39 is 17.5 Å². The fourth-order valence-electron chi connectivity index (χ4n) is 1.91. The number of hydrogen-bond acceptors (Lipinski definition) is 4. The van der Waals surface area contributed by atoms with Gasteiger partial charge in [0.2, 0.25) is 0 Å². The van der Waals surface area contributed by atoms with Crippen LogP contribution in [0, 0.1) is 0 Å². The van der Waals surface area contributed by atoms with E-state index in [0.717, 1.165) is 0 Å². The summed E-state index contributed by atoms with van der Waals surface area (Å²) in [5.41, 5.74) is 0.361. The van der Waals surface area contributed by atoms with Crippen molar-refractivity contribution in [1.29, 1.82) is 0 Å². The number of ether oxygens (including phenoxy) is 2. The van der Waals surface area contributed by atoms with E-state index in [4.69, 9.17) is 21.1 Å². The monoisotopic (exact) mass is 332 g/mol. The summed E-state index contributed by atoms with van der Waals surface area (Å²) in [5.74, 6) is -0.605. The quantitative estimate of drug-likeness (QED) is 0.456. The van der Waals surface area contributed by atoms with Crippen LogP contribution in [0.15, 0.2) is 54.6 Å². The second-order valence-corrected chi connectivity index (χ2v) is 5.33. The van der Waals surface area contributed by atoms with Crippen LogP contribution >= 0.6 is 11.6 Å². The Balaban J connectivity index is 2.08. The van der Waals surface area contributed by atoms with E-state index in [1.54, 1.807) is 48.5 Å². The zero-order chi connectivity index (χ0) is 16.7. The highest BCUT2D eigenvalue weighted by Crippen LogP contribution is 2.21. The topological polar surface area (TPSA) is 52.6 Å². The van der Waals surface area contributed by atoms with Gasteiger partial charge in [0.15, 0.2) is 5.56 Å². The molecule has 120 valence electrons. The van der Waals surface area contributed by atoms with Gasteiger partial charge in [0.1, 0.15) is 5.75 Å². The lowest BCUT2D eigenvalue weighted by Crippen LogP contribution is -2.15. The summed E-state index contributed by atoms with van der Waals surface area (Å²) in [6.45, 7) is 1.82. The van der Waals surface area contributed by atoms with Gasteiger partial charge >= 0.3 is 11.9 Å². The first-order valence-corrected chi connectivity index (χ1v) is 7.72. The van der Waals surface area contributed by atoms with Crippen molar-refractivity contribution < 1.29 is 19.1 Å². The van der Waals surface area contributed by atoms with E-state index in [0.29, 0.717) is 23.3 Å². The molecular weight excluding hydrogens is 316 g/mol. The van der Waals surface area contributed by atoms with E-state index in [9.17, 15) is 9.59 Å². The van der Waals surface area contributed by atoms with E-state index in [1.807, 2.05) is 13.0 Å². The first-order valence-electron chi connectivity index (χ1n) is 7.29. The molecule has 2 aromatic carbocycles. The van der Waals surface area contributed by atoms with Gasteiger partial charge in [0.25, 0.3) is 0 Å². The Hall–Kier alpha value is -2.33. The maximum Gasteiger partial charge on any atom is 0.343 e. The Kier molecular flexibility index (Phi) is 6.18. The minimum Gasteiger partial charge on any atom is -0.446 e. The van der Waals surface area contributed by atoms with Crippen LogP contribution in [0.25, 0.3) is 0 Å². The molecule has 4 nitrogen and oxygen atoms in total. The summed E-state index contributed by atoms with van der Waals surface area (Å²) < 4.78 is 10.4. The maximum atomic E-state index is 12.1. The molecule has 23 heavy (non-hydrogen) atoms. The fourth-order valence-corrected chi connectivity index (χ4v) is 2.00. The van der Waals surface area contributed by atoms with Gasteiger partial charge < -0.3 is 9.47 Å². The van der Waals surface area contributed by atoms with E-state index in [2.05, 4.69) is 0 Å². The van der Waals surface area contributed by atoms with Gasteiger partial charge in [0, 0.05) is 5.56 Å². The molecule has 0 spiro atoms. The number of rotatable bonds is 6. The molecule has 5 heteroatoms. The number of hydrogen-bond donors (Lipinski definition) is 0. The first kappa shape index (κ1) is 17.0. The fraction of sp³-hybridized carbons (Fsp3) is 0.222. The predicted octanol–water partition coefficient (Wildman–Crippen LogP) is 3.97. The van der Waals surface area contributed by atoms with Crippen molar-refractivity contribution in [3.8, 4) is 5.75 Å². The molecule has 0 radical (unpaired) electrons. The molecule has 2 rings (SSSR count). The SMILES string of the molecule is CCC(Cl)OC(=O)Cc1ccccc1OC(=O)c1ccccc1. The van der Waals surface area contributed by atoms with Crippen LogP contribution < -0.4 is 4.74 Å². The third kappa shape index (κ3) is 5.11. The van der Waals surface area contributed by atoms with Crippen LogP contribution in [0.1, 0.15) is 29.3 Å². The maximum absolute atomic E-state index is 12.1. The minimum atomic E-state index is -0.651. The molecule has 1 atom stereocenters. The summed E-state index contributed by atoms with van der Waals surface area (Å²) >= 11 is 5.80. The van der Waals surface area contributed by atoms with Crippen molar-refractivity contribution in [3.63, 3.8) is 0 Å². The highest BCUT2D eigenvalue weighted by Gasteiger charge is 2.15. The molecule has 0 bridgehead atoms. The van der Waals surface area contributed by atoms with Gasteiger partial charge in [-0.3, -0.25) is 4.79 Å². The van der Waals surface area contributed by atoms with Crippen LogP contribution in [-0.2, 0) is 16.0 Å². The molecule has 1 unspecified atom stereocenters. The van der Waals surface area contributed by atoms with E-state index in [1.165, 1.54) is 0 Å². The Bertz CT molecular complexity index is 670. The Labute approximate surface area is 140 Å². The van der Waals surface area contributed by atoms with Gasteiger partial charge in [-0.05, 0) is 24.6 Å². The van der Waals surface area contributed by atoms with Crippen LogP contribution in [0.2, 0.25) is 0 Å². The van der Waals surface area contributed by atoms with E-state index >= 15 is 0 Å². The molecule has 0 heterocycles. The number of carbonyl (C=O) groups excluding carboxylic acids is 2. The Morgan fingerprint density at radius 1 is 1.04 bits per heavy atom. The predicted molar refractivity (Wildman–Crippen MR) is 87.6 cm³/mol. The standard InChI is InChI=1S/C18H17ClO4/c1-2-16(19)23-17(20)12-14-10-6-7-11-15(14)22-18(21)13-8-4-3-5-9-13/h3-11,16H,2,12H2,1H3. The van der Waals surface area contributed by atoms with Gasteiger partial charge in [-0.25, -0.2) is 4.79 Å². The molecule has 0 saturated carbocycles. The van der Waals surface area contributed by atoms with Crippen molar-refractivity contribution >= 4 is 23.5 Å². The molecular formula is C18H17ClO4. The van der Waals surface area contributed by atoms with Crippen molar-refractivity contribution in [2.24, 2.45) is 0 Å². The van der Waals surface area contributed by atoms with Crippen LogP contribution in [-0.4, -0.2) is 17.5 Å². The largest absolute Gasteiger partial charge is 0.446 e. The zero-order valence-corrected chi connectivity index (χ0v) is 13.5. The summed E-state index contributed by atoms with van der Waals surface area (Å²) in [7, 11) is 0. The van der Waals surface area contributed by atoms with Crippen LogP contribution in [0.3, 0.4) is 0 Å². The van der Waals surface area contributed by atoms with Crippen LogP contribution in [0.5, 0.6) is 5.75 Å². The summed E-state index contributed by atoms with van der Waals surface area (Å²) in [6.07, 6.45) is 0.513. The molecule has 0 aliphatic carbocycles. The average molecular weight is 333 g/mol. The number of alkyl halides is 1. The second kappa shape index (κ2) is 8.34. The normalized spacial score (nSPS) is 11.6. The smallest absolute Gasteiger partial charge is 0.343 e. The molecule has 2 aromatic rings. The summed E-state index contributed by atoms with van der Waals surface area (Å²) in [6, 6.07) is 15.5. The molecule has 0 aromatic heterocycles. The molecule has 0 aliphatic heterocycles. The number of para-hydroxylation sites is 1.